The summed E-state index contributed by atoms with van der Waals surface area (Å²) in [6.45, 7) is 5.95. The van der Waals surface area contributed by atoms with Gasteiger partial charge in [0.25, 0.3) is 0 Å². The molecule has 0 aromatic heterocycles. The molecule has 1 fully saturated rings. The van der Waals surface area contributed by atoms with Gasteiger partial charge in [-0.15, -0.1) is 0 Å². The zero-order chi connectivity index (χ0) is 14.9. The molecule has 0 bridgehead atoms. The van der Waals surface area contributed by atoms with Crippen LogP contribution in [0.1, 0.15) is 40.0 Å². The third-order valence-corrected chi connectivity index (χ3v) is 5.21. The van der Waals surface area contributed by atoms with Crippen molar-refractivity contribution in [2.75, 3.05) is 0 Å². The summed E-state index contributed by atoms with van der Waals surface area (Å²) in [6.07, 6.45) is -0.606. The molecule has 5 heteroatoms. The molecule has 112 valence electrons. The van der Waals surface area contributed by atoms with Crippen LogP contribution in [0.25, 0.3) is 0 Å². The molecule has 5 nitrogen and oxygen atoms in total. The molecule has 0 aromatic rings. The average molecular weight is 282 g/mol. The number of aliphatic hydroxyl groups excluding tert-OH is 2. The van der Waals surface area contributed by atoms with E-state index in [4.69, 9.17) is 4.74 Å². The van der Waals surface area contributed by atoms with Crippen molar-refractivity contribution in [2.45, 2.75) is 58.0 Å². The van der Waals surface area contributed by atoms with Gasteiger partial charge in [0.15, 0.2) is 0 Å². The van der Waals surface area contributed by atoms with Crippen LogP contribution in [-0.2, 0) is 9.53 Å². The van der Waals surface area contributed by atoms with Gasteiger partial charge in [0.05, 0.1) is 11.7 Å². The maximum Gasteiger partial charge on any atom is 0.336 e. The molecule has 1 aliphatic heterocycles. The summed E-state index contributed by atoms with van der Waals surface area (Å²) in [4.78, 5) is 11.8. The highest BCUT2D eigenvalue weighted by molar-refractivity contribution is 5.92. The van der Waals surface area contributed by atoms with Crippen LogP contribution in [0.15, 0.2) is 11.1 Å². The molecule has 3 N–H and O–H groups in total. The summed E-state index contributed by atoms with van der Waals surface area (Å²) in [7, 11) is 0. The van der Waals surface area contributed by atoms with Crippen LogP contribution in [-0.4, -0.2) is 39.3 Å². The third kappa shape index (κ3) is 1.91. The van der Waals surface area contributed by atoms with Gasteiger partial charge >= 0.3 is 5.97 Å². The van der Waals surface area contributed by atoms with Gasteiger partial charge < -0.3 is 20.1 Å². The lowest BCUT2D eigenvalue weighted by Gasteiger charge is -2.34. The Balaban J connectivity index is 2.07. The standard InChI is InChI=1S/C15H22O5/c1-14(2)4-7-9(6-14)15(3,19)5-8-10(11(7)16)13(18)20-12(8)17/h7,9,11,13,16,18-19H,4-6H2,1-3H3/t7-,9+,11+,13-,15+/m0/s1. The predicted molar refractivity (Wildman–Crippen MR) is 70.4 cm³/mol. The monoisotopic (exact) mass is 282 g/mol. The Kier molecular flexibility index (Phi) is 2.85. The summed E-state index contributed by atoms with van der Waals surface area (Å²) in [5.74, 6) is -0.860. The van der Waals surface area contributed by atoms with Crippen LogP contribution in [0.5, 0.6) is 0 Å². The zero-order valence-electron chi connectivity index (χ0n) is 12.1. The Bertz CT molecular complexity index is 490. The van der Waals surface area contributed by atoms with Crippen molar-refractivity contribution in [3.63, 3.8) is 0 Å². The van der Waals surface area contributed by atoms with Crippen molar-refractivity contribution in [3.05, 3.63) is 11.1 Å². The number of esters is 1. The Hall–Kier alpha value is -0.910. The molecule has 5 atom stereocenters. The van der Waals surface area contributed by atoms with Crippen molar-refractivity contribution in [1.29, 1.82) is 0 Å². The molecule has 1 heterocycles. The van der Waals surface area contributed by atoms with Crippen LogP contribution in [0.2, 0.25) is 0 Å². The van der Waals surface area contributed by atoms with Crippen LogP contribution >= 0.6 is 0 Å². The van der Waals surface area contributed by atoms with E-state index in [1.165, 1.54) is 0 Å². The Labute approximate surface area is 118 Å². The van der Waals surface area contributed by atoms with E-state index in [2.05, 4.69) is 13.8 Å². The van der Waals surface area contributed by atoms with E-state index in [-0.39, 0.29) is 34.8 Å². The molecule has 0 amide bonds. The molecule has 3 rings (SSSR count). The van der Waals surface area contributed by atoms with Gasteiger partial charge in [0.1, 0.15) is 0 Å². The fourth-order valence-electron chi connectivity index (χ4n) is 4.34. The van der Waals surface area contributed by atoms with Crippen molar-refractivity contribution < 1.29 is 24.9 Å². The Morgan fingerprint density at radius 2 is 1.85 bits per heavy atom. The number of carbonyl (C=O) groups is 1. The van der Waals surface area contributed by atoms with Gasteiger partial charge in [-0.25, -0.2) is 4.79 Å². The highest BCUT2D eigenvalue weighted by Crippen LogP contribution is 2.55. The molecule has 0 radical (unpaired) electrons. The largest absolute Gasteiger partial charge is 0.428 e. The lowest BCUT2D eigenvalue weighted by atomic mass is 9.78. The zero-order valence-corrected chi connectivity index (χ0v) is 12.1. The number of aliphatic hydroxyl groups is 3. The predicted octanol–water partition coefficient (Wildman–Crippen LogP) is 0.726. The van der Waals surface area contributed by atoms with Crippen molar-refractivity contribution in [2.24, 2.45) is 17.3 Å². The van der Waals surface area contributed by atoms with Crippen LogP contribution in [0.4, 0.5) is 0 Å². The quantitative estimate of drug-likeness (QED) is 0.570. The van der Waals surface area contributed by atoms with Crippen molar-refractivity contribution >= 4 is 5.97 Å². The van der Waals surface area contributed by atoms with Crippen LogP contribution < -0.4 is 0 Å². The molecule has 1 saturated carbocycles. The molecule has 3 aliphatic rings. The number of fused-ring (bicyclic) bond motifs is 1. The van der Waals surface area contributed by atoms with E-state index in [1.54, 1.807) is 6.92 Å². The fourth-order valence-corrected chi connectivity index (χ4v) is 4.34. The first kappa shape index (κ1) is 14.0. The molecular weight excluding hydrogens is 260 g/mol. The average Bonchev–Trinajstić information content (AvgIpc) is 2.74. The van der Waals surface area contributed by atoms with Crippen molar-refractivity contribution in [3.8, 4) is 0 Å². The first-order valence-corrected chi connectivity index (χ1v) is 7.15. The van der Waals surface area contributed by atoms with E-state index >= 15 is 0 Å². The number of rotatable bonds is 0. The number of carbonyl (C=O) groups excluding carboxylic acids is 1. The van der Waals surface area contributed by atoms with Gasteiger partial charge in [-0.3, -0.25) is 0 Å². The van der Waals surface area contributed by atoms with Gasteiger partial charge in [-0.05, 0) is 37.0 Å². The van der Waals surface area contributed by atoms with E-state index in [0.29, 0.717) is 0 Å². The minimum absolute atomic E-state index is 0.0345. The maximum atomic E-state index is 11.8. The summed E-state index contributed by atoms with van der Waals surface area (Å²) < 4.78 is 4.80. The number of hydrogen-bond donors (Lipinski definition) is 3. The van der Waals surface area contributed by atoms with E-state index in [9.17, 15) is 20.1 Å². The molecule has 0 spiro atoms. The highest BCUT2D eigenvalue weighted by atomic mass is 16.6. The SMILES string of the molecule is CC1(C)C[C@H]2[C@@H](C1)[C@](C)(O)CC1=C([C@@H](O)OC1=O)[C@@H]2O. The molecule has 0 aromatic carbocycles. The molecule has 0 saturated heterocycles. The summed E-state index contributed by atoms with van der Waals surface area (Å²) in [6, 6.07) is 0. The number of hydrogen-bond acceptors (Lipinski definition) is 5. The highest BCUT2D eigenvalue weighted by Gasteiger charge is 2.56. The fraction of sp³-hybridized carbons (Fsp3) is 0.800. The third-order valence-electron chi connectivity index (χ3n) is 5.21. The lowest BCUT2D eigenvalue weighted by Crippen LogP contribution is -2.40. The summed E-state index contributed by atoms with van der Waals surface area (Å²) in [5, 5.41) is 31.3. The first-order chi connectivity index (χ1) is 9.12. The summed E-state index contributed by atoms with van der Waals surface area (Å²) >= 11 is 0. The van der Waals surface area contributed by atoms with E-state index in [1.807, 2.05) is 0 Å². The van der Waals surface area contributed by atoms with Gasteiger partial charge in [0.2, 0.25) is 6.29 Å². The second kappa shape index (κ2) is 4.06. The second-order valence-corrected chi connectivity index (χ2v) is 7.51. The molecule has 20 heavy (non-hydrogen) atoms. The smallest absolute Gasteiger partial charge is 0.336 e. The first-order valence-electron chi connectivity index (χ1n) is 7.15. The van der Waals surface area contributed by atoms with Gasteiger partial charge in [-0.1, -0.05) is 13.8 Å². The van der Waals surface area contributed by atoms with Crippen molar-refractivity contribution in [1.82, 2.24) is 0 Å². The molecular formula is C15H22O5. The minimum atomic E-state index is -1.37. The maximum absolute atomic E-state index is 11.8. The number of ether oxygens (including phenoxy) is 1. The Morgan fingerprint density at radius 3 is 2.50 bits per heavy atom. The lowest BCUT2D eigenvalue weighted by molar-refractivity contribution is -0.154. The molecule has 2 aliphatic carbocycles. The van der Waals surface area contributed by atoms with Crippen LogP contribution in [0.3, 0.4) is 0 Å². The topological polar surface area (TPSA) is 87.0 Å². The van der Waals surface area contributed by atoms with E-state index < -0.39 is 24.0 Å². The normalized spacial score (nSPS) is 46.8. The van der Waals surface area contributed by atoms with Gasteiger partial charge in [0, 0.05) is 17.6 Å². The van der Waals surface area contributed by atoms with Gasteiger partial charge in [-0.2, -0.15) is 0 Å². The Morgan fingerprint density at radius 1 is 1.20 bits per heavy atom. The minimum Gasteiger partial charge on any atom is -0.428 e. The molecule has 0 unspecified atom stereocenters. The summed E-state index contributed by atoms with van der Waals surface area (Å²) in [5.41, 5.74) is -0.519. The number of cyclic esters (lactones) is 1. The van der Waals surface area contributed by atoms with E-state index in [0.717, 1.165) is 12.8 Å². The van der Waals surface area contributed by atoms with Crippen LogP contribution in [0, 0.1) is 17.3 Å². The second-order valence-electron chi connectivity index (χ2n) is 7.51.